The molecule has 1 N–H and O–H groups in total. The number of hydrogen-bond acceptors (Lipinski definition) is 1. The number of rotatable bonds is 2. The monoisotopic (exact) mass is 232 g/mol. The van der Waals surface area contributed by atoms with Crippen LogP contribution in [0.3, 0.4) is 0 Å². The predicted molar refractivity (Wildman–Crippen MR) is 49.7 cm³/mol. The van der Waals surface area contributed by atoms with Gasteiger partial charge in [0.1, 0.15) is 0 Å². The molecule has 0 heterocycles. The molecule has 1 aromatic carbocycles. The third-order valence-corrected chi connectivity index (χ3v) is 2.27. The summed E-state index contributed by atoms with van der Waals surface area (Å²) in [6.45, 7) is 0.866. The number of aliphatic hydroxyl groups is 1. The lowest BCUT2D eigenvalue weighted by Gasteiger charge is -2.17. The highest BCUT2D eigenvalue weighted by atomic mass is 79.9. The highest BCUT2D eigenvalue weighted by molar-refractivity contribution is 9.10. The van der Waals surface area contributed by atoms with E-state index in [2.05, 4.69) is 15.9 Å². The summed E-state index contributed by atoms with van der Waals surface area (Å²) in [6.07, 6.45) is 0. The van der Waals surface area contributed by atoms with Crippen LogP contribution in [0, 0.1) is 0 Å². The van der Waals surface area contributed by atoms with Crippen molar-refractivity contribution in [2.75, 3.05) is 6.61 Å². The number of halogens is 2. The lowest BCUT2D eigenvalue weighted by atomic mass is 9.99. The van der Waals surface area contributed by atoms with E-state index in [-0.39, 0.29) is 0 Å². The minimum Gasteiger partial charge on any atom is -0.393 e. The first kappa shape index (κ1) is 9.68. The standard InChI is InChI=1S/C9H10BrFO/c1-9(11,6-12)7-2-4-8(10)5-3-7/h2-5,12H,6H2,1H3/t9-/m1/s1. The van der Waals surface area contributed by atoms with Gasteiger partial charge in [-0.3, -0.25) is 0 Å². The average molecular weight is 233 g/mol. The van der Waals surface area contributed by atoms with Gasteiger partial charge < -0.3 is 5.11 Å². The van der Waals surface area contributed by atoms with Crippen molar-refractivity contribution in [3.05, 3.63) is 34.3 Å². The Labute approximate surface area is 79.4 Å². The normalized spacial score (nSPS) is 15.7. The van der Waals surface area contributed by atoms with Crippen molar-refractivity contribution < 1.29 is 9.50 Å². The Kier molecular flexibility index (Phi) is 2.85. The molecule has 12 heavy (non-hydrogen) atoms. The van der Waals surface area contributed by atoms with Gasteiger partial charge in [-0.15, -0.1) is 0 Å². The first-order chi connectivity index (χ1) is 5.56. The topological polar surface area (TPSA) is 20.2 Å². The maximum Gasteiger partial charge on any atom is 0.156 e. The Hall–Kier alpha value is -0.410. The van der Waals surface area contributed by atoms with Crippen molar-refractivity contribution in [1.29, 1.82) is 0 Å². The molecule has 0 spiro atoms. The summed E-state index contributed by atoms with van der Waals surface area (Å²) in [5.41, 5.74) is -1.14. The zero-order valence-electron chi connectivity index (χ0n) is 6.72. The van der Waals surface area contributed by atoms with E-state index in [1.165, 1.54) is 6.92 Å². The van der Waals surface area contributed by atoms with Gasteiger partial charge in [0.2, 0.25) is 0 Å². The van der Waals surface area contributed by atoms with Crippen LogP contribution < -0.4 is 0 Å². The SMILES string of the molecule is C[C@@](F)(CO)c1ccc(Br)cc1. The quantitative estimate of drug-likeness (QED) is 0.832. The highest BCUT2D eigenvalue weighted by Crippen LogP contribution is 2.25. The van der Waals surface area contributed by atoms with Gasteiger partial charge in [-0.2, -0.15) is 0 Å². The van der Waals surface area contributed by atoms with Crippen LogP contribution in [-0.2, 0) is 5.67 Å². The Morgan fingerprint density at radius 3 is 2.33 bits per heavy atom. The van der Waals surface area contributed by atoms with Crippen LogP contribution in [0.2, 0.25) is 0 Å². The van der Waals surface area contributed by atoms with Gasteiger partial charge in [-0.1, -0.05) is 28.1 Å². The van der Waals surface area contributed by atoms with Gasteiger partial charge in [0, 0.05) is 4.47 Å². The van der Waals surface area contributed by atoms with Crippen LogP contribution in [0.5, 0.6) is 0 Å². The minimum atomic E-state index is -1.64. The summed E-state index contributed by atoms with van der Waals surface area (Å²) in [5.74, 6) is 0. The van der Waals surface area contributed by atoms with Gasteiger partial charge in [0.25, 0.3) is 0 Å². The molecule has 1 nitrogen and oxygen atoms in total. The summed E-state index contributed by atoms with van der Waals surface area (Å²) in [7, 11) is 0. The van der Waals surface area contributed by atoms with Crippen LogP contribution >= 0.6 is 15.9 Å². The van der Waals surface area contributed by atoms with E-state index in [1.807, 2.05) is 0 Å². The van der Waals surface area contributed by atoms with E-state index in [9.17, 15) is 4.39 Å². The molecule has 1 rings (SSSR count). The maximum absolute atomic E-state index is 13.4. The molecule has 66 valence electrons. The maximum atomic E-state index is 13.4. The number of hydrogen-bond donors (Lipinski definition) is 1. The highest BCUT2D eigenvalue weighted by Gasteiger charge is 2.23. The first-order valence-electron chi connectivity index (χ1n) is 3.62. The summed E-state index contributed by atoms with van der Waals surface area (Å²) >= 11 is 3.25. The fraction of sp³-hybridized carbons (Fsp3) is 0.333. The van der Waals surface area contributed by atoms with Crippen molar-refractivity contribution in [2.24, 2.45) is 0 Å². The van der Waals surface area contributed by atoms with Crippen LogP contribution in [0.1, 0.15) is 12.5 Å². The lowest BCUT2D eigenvalue weighted by Crippen LogP contribution is -2.19. The number of benzene rings is 1. The summed E-state index contributed by atoms with van der Waals surface area (Å²) in [5, 5.41) is 8.73. The largest absolute Gasteiger partial charge is 0.393 e. The average Bonchev–Trinajstić information content (AvgIpc) is 2.05. The van der Waals surface area contributed by atoms with Gasteiger partial charge in [0.05, 0.1) is 6.61 Å². The molecule has 0 aliphatic heterocycles. The van der Waals surface area contributed by atoms with E-state index in [0.29, 0.717) is 5.56 Å². The predicted octanol–water partition coefficient (Wildman–Crippen LogP) is 2.63. The van der Waals surface area contributed by atoms with E-state index in [4.69, 9.17) is 5.11 Å². The number of alkyl halides is 1. The van der Waals surface area contributed by atoms with Gasteiger partial charge >= 0.3 is 0 Å². The molecule has 1 aromatic rings. The third-order valence-electron chi connectivity index (χ3n) is 1.74. The molecule has 0 fully saturated rings. The van der Waals surface area contributed by atoms with E-state index >= 15 is 0 Å². The summed E-state index contributed by atoms with van der Waals surface area (Å²) in [4.78, 5) is 0. The smallest absolute Gasteiger partial charge is 0.156 e. The van der Waals surface area contributed by atoms with Gasteiger partial charge in [-0.05, 0) is 24.6 Å². The molecule has 0 aromatic heterocycles. The first-order valence-corrected chi connectivity index (χ1v) is 4.41. The Bertz CT molecular complexity index is 256. The lowest BCUT2D eigenvalue weighted by molar-refractivity contribution is 0.0868. The number of aliphatic hydroxyl groups excluding tert-OH is 1. The van der Waals surface area contributed by atoms with Crippen molar-refractivity contribution >= 4 is 15.9 Å². The second kappa shape index (κ2) is 3.54. The molecule has 0 aliphatic rings. The van der Waals surface area contributed by atoms with Crippen molar-refractivity contribution in [3.8, 4) is 0 Å². The molecule has 0 aliphatic carbocycles. The zero-order chi connectivity index (χ0) is 9.19. The van der Waals surface area contributed by atoms with Crippen LogP contribution in [0.25, 0.3) is 0 Å². The molecule has 0 unspecified atom stereocenters. The van der Waals surface area contributed by atoms with Gasteiger partial charge in [0.15, 0.2) is 5.67 Å². The van der Waals surface area contributed by atoms with E-state index in [1.54, 1.807) is 24.3 Å². The molecular weight excluding hydrogens is 223 g/mol. The molecule has 0 saturated carbocycles. The minimum absolute atomic E-state index is 0.491. The molecule has 0 bridgehead atoms. The Balaban J connectivity index is 2.96. The second-order valence-corrected chi connectivity index (χ2v) is 3.78. The third kappa shape index (κ3) is 2.05. The molecule has 3 heteroatoms. The Morgan fingerprint density at radius 1 is 1.42 bits per heavy atom. The van der Waals surface area contributed by atoms with Crippen LogP contribution in [0.15, 0.2) is 28.7 Å². The molecule has 0 saturated heterocycles. The Morgan fingerprint density at radius 2 is 1.92 bits per heavy atom. The molecule has 0 amide bonds. The summed E-state index contributed by atoms with van der Waals surface area (Å²) in [6, 6.07) is 6.81. The molecular formula is C9H10BrFO. The van der Waals surface area contributed by atoms with Crippen LogP contribution in [-0.4, -0.2) is 11.7 Å². The van der Waals surface area contributed by atoms with Crippen molar-refractivity contribution in [1.82, 2.24) is 0 Å². The second-order valence-electron chi connectivity index (χ2n) is 2.86. The van der Waals surface area contributed by atoms with Crippen molar-refractivity contribution in [3.63, 3.8) is 0 Å². The fourth-order valence-electron chi connectivity index (χ4n) is 0.889. The van der Waals surface area contributed by atoms with Crippen molar-refractivity contribution in [2.45, 2.75) is 12.6 Å². The van der Waals surface area contributed by atoms with E-state index in [0.717, 1.165) is 4.47 Å². The van der Waals surface area contributed by atoms with Crippen LogP contribution in [0.4, 0.5) is 4.39 Å². The van der Waals surface area contributed by atoms with Gasteiger partial charge in [-0.25, -0.2) is 4.39 Å². The fourth-order valence-corrected chi connectivity index (χ4v) is 1.15. The molecule has 1 atom stereocenters. The summed E-state index contributed by atoms with van der Waals surface area (Å²) < 4.78 is 14.3. The zero-order valence-corrected chi connectivity index (χ0v) is 8.31. The molecule has 0 radical (unpaired) electrons. The van der Waals surface area contributed by atoms with E-state index < -0.39 is 12.3 Å².